The molecule has 0 saturated heterocycles. The van der Waals surface area contributed by atoms with Crippen molar-refractivity contribution in [2.75, 3.05) is 6.54 Å². The van der Waals surface area contributed by atoms with Crippen LogP contribution < -0.4 is 10.5 Å². The first-order chi connectivity index (χ1) is 8.07. The van der Waals surface area contributed by atoms with E-state index >= 15 is 0 Å². The molecule has 1 aliphatic rings. The van der Waals surface area contributed by atoms with Crippen molar-refractivity contribution in [3.8, 4) is 5.75 Å². The topological polar surface area (TPSA) is 55.5 Å². The van der Waals surface area contributed by atoms with Crippen LogP contribution >= 0.6 is 0 Å². The summed E-state index contributed by atoms with van der Waals surface area (Å²) in [4.78, 5) is 0. The highest BCUT2D eigenvalue weighted by molar-refractivity contribution is 5.42. The van der Waals surface area contributed by atoms with Crippen LogP contribution in [0.3, 0.4) is 0 Å². The van der Waals surface area contributed by atoms with E-state index in [1.807, 2.05) is 0 Å². The summed E-state index contributed by atoms with van der Waals surface area (Å²) in [7, 11) is 0. The van der Waals surface area contributed by atoms with Crippen molar-refractivity contribution in [2.45, 2.75) is 31.0 Å². The Labute approximate surface area is 98.2 Å². The Hall–Kier alpha value is -1.20. The molecule has 0 bridgehead atoms. The van der Waals surface area contributed by atoms with Crippen LogP contribution in [-0.2, 0) is 5.41 Å². The van der Waals surface area contributed by atoms with Crippen LogP contribution in [0.4, 0.5) is 8.78 Å². The van der Waals surface area contributed by atoms with Crippen LogP contribution in [0.25, 0.3) is 0 Å². The van der Waals surface area contributed by atoms with E-state index in [1.54, 1.807) is 18.2 Å². The van der Waals surface area contributed by atoms with E-state index in [-0.39, 0.29) is 5.75 Å². The number of para-hydroxylation sites is 1. The highest BCUT2D eigenvalue weighted by Crippen LogP contribution is 2.46. The minimum atomic E-state index is -2.85. The Balaban J connectivity index is 2.31. The van der Waals surface area contributed by atoms with Crippen molar-refractivity contribution in [3.63, 3.8) is 0 Å². The molecule has 1 aromatic rings. The van der Waals surface area contributed by atoms with E-state index in [0.29, 0.717) is 24.9 Å². The number of hydrogen-bond donors (Lipinski definition) is 2. The summed E-state index contributed by atoms with van der Waals surface area (Å²) in [5, 5.41) is 9.40. The molecule has 0 radical (unpaired) electrons. The summed E-state index contributed by atoms with van der Waals surface area (Å²) in [6.07, 6.45) is 0.582. The maximum Gasteiger partial charge on any atom is 0.387 e. The average molecular weight is 243 g/mol. The number of nitrogens with two attached hydrogens (primary N) is 1. The molecule has 1 saturated carbocycles. The number of benzene rings is 1. The monoisotopic (exact) mass is 243 g/mol. The van der Waals surface area contributed by atoms with E-state index in [4.69, 9.17) is 5.73 Å². The van der Waals surface area contributed by atoms with Gasteiger partial charge in [-0.15, -0.1) is 0 Å². The van der Waals surface area contributed by atoms with E-state index < -0.39 is 18.1 Å². The van der Waals surface area contributed by atoms with Gasteiger partial charge in [0.25, 0.3) is 0 Å². The van der Waals surface area contributed by atoms with Crippen molar-refractivity contribution >= 4 is 0 Å². The summed E-state index contributed by atoms with van der Waals surface area (Å²) >= 11 is 0. The summed E-state index contributed by atoms with van der Waals surface area (Å²) in [5.41, 5.74) is 5.94. The summed E-state index contributed by atoms with van der Waals surface area (Å²) in [6, 6.07) is 6.64. The molecule has 3 nitrogen and oxygen atoms in total. The van der Waals surface area contributed by atoms with Gasteiger partial charge in [-0.05, 0) is 18.9 Å². The zero-order valence-corrected chi connectivity index (χ0v) is 9.27. The van der Waals surface area contributed by atoms with E-state index in [2.05, 4.69) is 4.74 Å². The van der Waals surface area contributed by atoms with E-state index in [1.165, 1.54) is 6.07 Å². The molecular weight excluding hydrogens is 228 g/mol. The Kier molecular flexibility index (Phi) is 3.31. The third-order valence-corrected chi connectivity index (χ3v) is 3.32. The second-order valence-electron chi connectivity index (χ2n) is 4.42. The summed E-state index contributed by atoms with van der Waals surface area (Å²) < 4.78 is 29.1. The Bertz CT molecular complexity index is 392. The predicted octanol–water partition coefficient (Wildman–Crippen LogP) is 1.64. The van der Waals surface area contributed by atoms with Gasteiger partial charge in [-0.2, -0.15) is 8.78 Å². The first-order valence-electron chi connectivity index (χ1n) is 5.50. The highest BCUT2D eigenvalue weighted by atomic mass is 19.3. The van der Waals surface area contributed by atoms with Gasteiger partial charge < -0.3 is 15.6 Å². The van der Waals surface area contributed by atoms with Crippen molar-refractivity contribution in [1.29, 1.82) is 0 Å². The van der Waals surface area contributed by atoms with Crippen LogP contribution in [0.15, 0.2) is 24.3 Å². The molecule has 0 unspecified atom stereocenters. The quantitative estimate of drug-likeness (QED) is 0.845. The minimum Gasteiger partial charge on any atom is -0.435 e. The summed E-state index contributed by atoms with van der Waals surface area (Å²) in [6.45, 7) is -2.54. The molecule has 17 heavy (non-hydrogen) atoms. The average Bonchev–Trinajstić information content (AvgIpc) is 2.25. The molecule has 94 valence electrons. The van der Waals surface area contributed by atoms with Gasteiger partial charge in [0.1, 0.15) is 5.75 Å². The van der Waals surface area contributed by atoms with Crippen LogP contribution in [-0.4, -0.2) is 24.4 Å². The maximum atomic E-state index is 12.3. The molecule has 0 atom stereocenters. The number of aliphatic hydroxyl groups is 1. The lowest BCUT2D eigenvalue weighted by Crippen LogP contribution is -2.50. The number of aliphatic hydroxyl groups excluding tert-OH is 1. The molecule has 0 heterocycles. The lowest BCUT2D eigenvalue weighted by Gasteiger charge is -2.45. The molecule has 1 fully saturated rings. The molecule has 1 aliphatic carbocycles. The predicted molar refractivity (Wildman–Crippen MR) is 59.0 cm³/mol. The minimum absolute atomic E-state index is 0.153. The van der Waals surface area contributed by atoms with Gasteiger partial charge in [-0.3, -0.25) is 0 Å². The van der Waals surface area contributed by atoms with Gasteiger partial charge in [-0.1, -0.05) is 18.2 Å². The van der Waals surface area contributed by atoms with Gasteiger partial charge in [0.15, 0.2) is 0 Å². The van der Waals surface area contributed by atoms with Crippen LogP contribution in [0.5, 0.6) is 5.75 Å². The zero-order valence-electron chi connectivity index (χ0n) is 9.27. The van der Waals surface area contributed by atoms with Crippen LogP contribution in [0, 0.1) is 0 Å². The fraction of sp³-hybridized carbons (Fsp3) is 0.500. The van der Waals surface area contributed by atoms with Gasteiger partial charge in [-0.25, -0.2) is 0 Å². The zero-order chi connectivity index (χ0) is 12.5. The molecule has 0 spiro atoms. The number of halogens is 2. The first kappa shape index (κ1) is 12.3. The molecule has 1 aromatic carbocycles. The molecule has 0 amide bonds. The Morgan fingerprint density at radius 2 is 2.06 bits per heavy atom. The van der Waals surface area contributed by atoms with Crippen LogP contribution in [0.2, 0.25) is 0 Å². The largest absolute Gasteiger partial charge is 0.435 e. The third-order valence-electron chi connectivity index (χ3n) is 3.32. The Morgan fingerprint density at radius 1 is 1.41 bits per heavy atom. The second kappa shape index (κ2) is 4.58. The lowest BCUT2D eigenvalue weighted by atomic mass is 9.62. The third kappa shape index (κ3) is 2.25. The fourth-order valence-corrected chi connectivity index (χ4v) is 2.44. The van der Waals surface area contributed by atoms with E-state index in [0.717, 1.165) is 0 Å². The van der Waals surface area contributed by atoms with Gasteiger partial charge in [0, 0.05) is 17.5 Å². The van der Waals surface area contributed by atoms with Gasteiger partial charge >= 0.3 is 6.61 Å². The fourth-order valence-electron chi connectivity index (χ4n) is 2.44. The molecule has 5 heteroatoms. The normalized spacial score (nSPS) is 27.9. The van der Waals surface area contributed by atoms with Crippen molar-refractivity contribution in [3.05, 3.63) is 29.8 Å². The number of ether oxygens (including phenoxy) is 1. The van der Waals surface area contributed by atoms with Gasteiger partial charge in [0.05, 0.1) is 6.10 Å². The lowest BCUT2D eigenvalue weighted by molar-refractivity contribution is -0.0530. The molecule has 3 N–H and O–H groups in total. The molecule has 2 rings (SSSR count). The van der Waals surface area contributed by atoms with Gasteiger partial charge in [0.2, 0.25) is 0 Å². The van der Waals surface area contributed by atoms with Crippen molar-refractivity contribution in [1.82, 2.24) is 0 Å². The number of hydrogen-bond acceptors (Lipinski definition) is 3. The molecule has 0 aliphatic heterocycles. The van der Waals surface area contributed by atoms with Crippen LogP contribution in [0.1, 0.15) is 18.4 Å². The maximum absolute atomic E-state index is 12.3. The Morgan fingerprint density at radius 3 is 2.59 bits per heavy atom. The standard InChI is InChI=1S/C12H15F2NO2/c13-11(14)17-10-4-2-1-3-9(10)12(7-15)5-8(16)6-12/h1-4,8,11,16H,5-7,15H2. The number of rotatable bonds is 4. The number of alkyl halides is 2. The van der Waals surface area contributed by atoms with Crippen molar-refractivity contribution in [2.24, 2.45) is 5.73 Å². The first-order valence-corrected chi connectivity index (χ1v) is 5.50. The molecule has 0 aromatic heterocycles. The highest BCUT2D eigenvalue weighted by Gasteiger charge is 2.45. The summed E-state index contributed by atoms with van der Waals surface area (Å²) in [5.74, 6) is 0.153. The van der Waals surface area contributed by atoms with E-state index in [9.17, 15) is 13.9 Å². The SMILES string of the molecule is NCC1(c2ccccc2OC(F)F)CC(O)C1. The molecular formula is C12H15F2NO2. The van der Waals surface area contributed by atoms with Crippen molar-refractivity contribution < 1.29 is 18.6 Å². The second-order valence-corrected chi connectivity index (χ2v) is 4.42. The smallest absolute Gasteiger partial charge is 0.387 e.